The molecule has 0 spiro atoms. The van der Waals surface area contributed by atoms with Crippen molar-refractivity contribution in [1.82, 2.24) is 34.8 Å². The number of aromatic amines is 1. The molecule has 1 aromatic carbocycles. The topological polar surface area (TPSA) is 105 Å². The van der Waals surface area contributed by atoms with E-state index in [2.05, 4.69) is 37.5 Å². The Morgan fingerprint density at radius 2 is 2.18 bits per heavy atom. The van der Waals surface area contributed by atoms with Crippen molar-refractivity contribution in [3.63, 3.8) is 0 Å². The Hall–Kier alpha value is -3.63. The monoisotopic (exact) mass is 466 g/mol. The standard InChI is InChI=1S/C23H24F2N8O/c1-23(32-6-2-3-20(32)34)8-14(9-23)28-22-27-11-16-15(10-26-21(16)29-22)13-4-5-17-18(7-13)33(31-30-17)12-19(24)25/h4-5,7,10-11,14,19H,2-3,6,8-9,12H2,1H3,(H2,26,27,28,29)/t14-,23+. The summed E-state index contributed by atoms with van der Waals surface area (Å²) in [4.78, 5) is 26.4. The van der Waals surface area contributed by atoms with E-state index >= 15 is 0 Å². The van der Waals surface area contributed by atoms with Gasteiger partial charge in [0.1, 0.15) is 17.7 Å². The van der Waals surface area contributed by atoms with Gasteiger partial charge in [-0.1, -0.05) is 11.3 Å². The first kappa shape index (κ1) is 20.9. The van der Waals surface area contributed by atoms with Crippen LogP contribution in [0.5, 0.6) is 0 Å². The van der Waals surface area contributed by atoms with Crippen LogP contribution in [0.25, 0.3) is 33.2 Å². The number of alkyl halides is 2. The van der Waals surface area contributed by atoms with Gasteiger partial charge in [-0.3, -0.25) is 4.79 Å². The Kier molecular flexibility index (Phi) is 4.75. The van der Waals surface area contributed by atoms with Crippen LogP contribution in [0.3, 0.4) is 0 Å². The van der Waals surface area contributed by atoms with Gasteiger partial charge < -0.3 is 15.2 Å². The summed E-state index contributed by atoms with van der Waals surface area (Å²) in [6.07, 6.45) is 4.43. The van der Waals surface area contributed by atoms with E-state index in [1.807, 2.05) is 17.2 Å². The number of nitrogens with one attached hydrogen (secondary N) is 2. The number of H-pyrrole nitrogens is 1. The van der Waals surface area contributed by atoms with E-state index < -0.39 is 13.0 Å². The lowest BCUT2D eigenvalue weighted by atomic mass is 9.73. The van der Waals surface area contributed by atoms with E-state index in [0.717, 1.165) is 42.3 Å². The molecule has 1 saturated carbocycles. The van der Waals surface area contributed by atoms with E-state index in [1.165, 1.54) is 4.68 Å². The number of carbonyl (C=O) groups is 1. The molecule has 0 unspecified atom stereocenters. The molecule has 176 valence electrons. The minimum Gasteiger partial charge on any atom is -0.351 e. The summed E-state index contributed by atoms with van der Waals surface area (Å²) in [7, 11) is 0. The molecular formula is C23H24F2N8O. The number of likely N-dealkylation sites (tertiary alicyclic amines) is 1. The van der Waals surface area contributed by atoms with Gasteiger partial charge in [0.05, 0.1) is 5.52 Å². The number of fused-ring (bicyclic) bond motifs is 2. The Labute approximate surface area is 193 Å². The lowest BCUT2D eigenvalue weighted by molar-refractivity contribution is -0.136. The lowest BCUT2D eigenvalue weighted by Gasteiger charge is -2.51. The second-order valence-corrected chi connectivity index (χ2v) is 9.42. The van der Waals surface area contributed by atoms with Gasteiger partial charge in [-0.2, -0.15) is 4.98 Å². The second-order valence-electron chi connectivity index (χ2n) is 9.42. The van der Waals surface area contributed by atoms with Crippen LogP contribution in [0, 0.1) is 0 Å². The third-order valence-electron chi connectivity index (χ3n) is 7.00. The third kappa shape index (κ3) is 3.46. The highest BCUT2D eigenvalue weighted by Gasteiger charge is 2.48. The van der Waals surface area contributed by atoms with Crippen molar-refractivity contribution < 1.29 is 13.6 Å². The van der Waals surface area contributed by atoms with Crippen molar-refractivity contribution >= 4 is 33.9 Å². The number of hydrogen-bond acceptors (Lipinski definition) is 6. The maximum Gasteiger partial charge on any atom is 0.258 e. The first-order valence-corrected chi connectivity index (χ1v) is 11.4. The molecule has 9 nitrogen and oxygen atoms in total. The average Bonchev–Trinajstić information content (AvgIpc) is 3.50. The Balaban J connectivity index is 1.21. The Morgan fingerprint density at radius 1 is 1.32 bits per heavy atom. The number of aromatic nitrogens is 6. The van der Waals surface area contributed by atoms with Crippen molar-refractivity contribution in [3.05, 3.63) is 30.6 Å². The molecule has 1 aliphatic carbocycles. The molecule has 2 aliphatic rings. The van der Waals surface area contributed by atoms with Crippen molar-refractivity contribution in [2.75, 3.05) is 11.9 Å². The van der Waals surface area contributed by atoms with Gasteiger partial charge in [0.25, 0.3) is 6.43 Å². The average molecular weight is 466 g/mol. The van der Waals surface area contributed by atoms with Crippen LogP contribution in [0.15, 0.2) is 30.6 Å². The van der Waals surface area contributed by atoms with Crippen LogP contribution < -0.4 is 5.32 Å². The van der Waals surface area contributed by atoms with Gasteiger partial charge in [-0.25, -0.2) is 18.4 Å². The summed E-state index contributed by atoms with van der Waals surface area (Å²) in [5.74, 6) is 0.791. The third-order valence-corrected chi connectivity index (χ3v) is 7.00. The van der Waals surface area contributed by atoms with Gasteiger partial charge in [0.2, 0.25) is 11.9 Å². The summed E-state index contributed by atoms with van der Waals surface area (Å²) in [5.41, 5.74) is 3.43. The van der Waals surface area contributed by atoms with Gasteiger partial charge in [0, 0.05) is 47.9 Å². The smallest absolute Gasteiger partial charge is 0.258 e. The predicted molar refractivity (Wildman–Crippen MR) is 122 cm³/mol. The molecule has 4 aromatic rings. The maximum atomic E-state index is 12.9. The number of benzene rings is 1. The Morgan fingerprint density at radius 3 is 2.94 bits per heavy atom. The predicted octanol–water partition coefficient (Wildman–Crippen LogP) is 3.59. The minimum absolute atomic E-state index is 0.0840. The fourth-order valence-electron chi connectivity index (χ4n) is 5.34. The molecule has 0 radical (unpaired) electrons. The van der Waals surface area contributed by atoms with Crippen LogP contribution >= 0.6 is 0 Å². The SMILES string of the molecule is C[C@]1(N2CCCC2=O)C[C@@H](Nc2ncc3c(-c4ccc5nnn(CC(F)F)c5c4)c[nH]c3n2)C1. The number of hydrogen-bond donors (Lipinski definition) is 2. The van der Waals surface area contributed by atoms with Crippen LogP contribution in [0.4, 0.5) is 14.7 Å². The molecule has 1 saturated heterocycles. The number of carbonyl (C=O) groups excluding carboxylic acids is 1. The van der Waals surface area contributed by atoms with Gasteiger partial charge in [-0.15, -0.1) is 5.10 Å². The highest BCUT2D eigenvalue weighted by Crippen LogP contribution is 2.41. The van der Waals surface area contributed by atoms with Crippen molar-refractivity contribution in [1.29, 1.82) is 0 Å². The Bertz CT molecular complexity index is 1390. The zero-order valence-electron chi connectivity index (χ0n) is 18.6. The molecule has 11 heteroatoms. The fraction of sp³-hybridized carbons (Fsp3) is 0.435. The van der Waals surface area contributed by atoms with Gasteiger partial charge in [-0.05, 0) is 43.9 Å². The van der Waals surface area contributed by atoms with Gasteiger partial charge in [0.15, 0.2) is 0 Å². The van der Waals surface area contributed by atoms with E-state index in [9.17, 15) is 13.6 Å². The van der Waals surface area contributed by atoms with Crippen molar-refractivity contribution in [2.24, 2.45) is 0 Å². The second kappa shape index (κ2) is 7.71. The molecule has 3 aromatic heterocycles. The molecule has 34 heavy (non-hydrogen) atoms. The van der Waals surface area contributed by atoms with Gasteiger partial charge >= 0.3 is 0 Å². The molecule has 0 atom stereocenters. The fourth-order valence-corrected chi connectivity index (χ4v) is 5.34. The van der Waals surface area contributed by atoms with Crippen LogP contribution in [0.2, 0.25) is 0 Å². The summed E-state index contributed by atoms with van der Waals surface area (Å²) in [5, 5.41) is 12.0. The highest BCUT2D eigenvalue weighted by atomic mass is 19.3. The van der Waals surface area contributed by atoms with Crippen molar-refractivity contribution in [2.45, 2.75) is 57.2 Å². The normalized spacial score (nSPS) is 22.8. The van der Waals surface area contributed by atoms with E-state index in [0.29, 0.717) is 29.0 Å². The van der Waals surface area contributed by atoms with Crippen molar-refractivity contribution in [3.8, 4) is 11.1 Å². The molecular weight excluding hydrogens is 442 g/mol. The van der Waals surface area contributed by atoms with E-state index in [-0.39, 0.29) is 17.5 Å². The van der Waals surface area contributed by atoms with Crippen LogP contribution in [0.1, 0.15) is 32.6 Å². The molecule has 6 rings (SSSR count). The number of anilines is 1. The summed E-state index contributed by atoms with van der Waals surface area (Å²) in [6, 6.07) is 5.68. The zero-order valence-corrected chi connectivity index (χ0v) is 18.6. The van der Waals surface area contributed by atoms with Crippen LogP contribution in [-0.2, 0) is 11.3 Å². The van der Waals surface area contributed by atoms with E-state index in [4.69, 9.17) is 0 Å². The number of nitrogens with zero attached hydrogens (tertiary/aromatic N) is 6. The van der Waals surface area contributed by atoms with Crippen LogP contribution in [-0.4, -0.2) is 65.3 Å². The van der Waals surface area contributed by atoms with E-state index in [1.54, 1.807) is 18.3 Å². The first-order chi connectivity index (χ1) is 16.4. The lowest BCUT2D eigenvalue weighted by Crippen LogP contribution is -2.59. The summed E-state index contributed by atoms with van der Waals surface area (Å²) >= 11 is 0. The molecule has 2 fully saturated rings. The summed E-state index contributed by atoms with van der Waals surface area (Å²) in [6.45, 7) is 2.49. The molecule has 4 heterocycles. The largest absolute Gasteiger partial charge is 0.351 e. The number of halogens is 2. The summed E-state index contributed by atoms with van der Waals surface area (Å²) < 4.78 is 27.0. The molecule has 1 amide bonds. The first-order valence-electron chi connectivity index (χ1n) is 11.4. The maximum absolute atomic E-state index is 12.9. The minimum atomic E-state index is -2.51. The number of rotatable bonds is 6. The molecule has 0 bridgehead atoms. The molecule has 2 N–H and O–H groups in total. The molecule has 1 aliphatic heterocycles. The zero-order chi connectivity index (χ0) is 23.4. The quantitative estimate of drug-likeness (QED) is 0.450. The highest BCUT2D eigenvalue weighted by molar-refractivity contribution is 5.95. The number of amides is 1.